The van der Waals surface area contributed by atoms with Gasteiger partial charge in [0, 0.05) is 32.8 Å². The molecule has 0 spiro atoms. The Morgan fingerprint density at radius 1 is 0.449 bits per heavy atom. The van der Waals surface area contributed by atoms with Crippen LogP contribution in [0, 0.1) is 11.3 Å². The van der Waals surface area contributed by atoms with Crippen LogP contribution in [0.1, 0.15) is 5.56 Å². The van der Waals surface area contributed by atoms with Crippen LogP contribution in [0.5, 0.6) is 0 Å². The zero-order chi connectivity index (χ0) is 32.7. The average molecular weight is 626 g/mol. The number of nitrogens with zero attached hydrogens (tertiary/aromatic N) is 3. The number of fused-ring (bicyclic) bond motifs is 5. The predicted octanol–water partition coefficient (Wildman–Crippen LogP) is 11.7. The maximum Gasteiger partial charge on any atom is 0.160 e. The van der Waals surface area contributed by atoms with E-state index in [0.29, 0.717) is 11.4 Å². The lowest BCUT2D eigenvalue weighted by atomic mass is 9.94. The summed E-state index contributed by atoms with van der Waals surface area (Å²) in [6, 6.07) is 58.1. The van der Waals surface area contributed by atoms with Gasteiger partial charge in [-0.05, 0) is 58.0 Å². The monoisotopic (exact) mass is 625 g/mol. The smallest absolute Gasteiger partial charge is 0.160 e. The predicted molar refractivity (Wildman–Crippen MR) is 199 cm³/mol. The molecule has 0 aliphatic carbocycles. The quantitative estimate of drug-likeness (QED) is 0.191. The molecule has 0 atom stereocenters. The Labute approximate surface area is 283 Å². The van der Waals surface area contributed by atoms with Crippen LogP contribution in [-0.4, -0.2) is 9.97 Å². The highest BCUT2D eigenvalue weighted by molar-refractivity contribution is 6.20. The molecule has 7 aromatic carbocycles. The molecule has 2 heterocycles. The zero-order valence-electron chi connectivity index (χ0n) is 26.3. The van der Waals surface area contributed by atoms with E-state index in [1.807, 2.05) is 60.7 Å². The molecule has 9 rings (SSSR count). The molecule has 0 aliphatic heterocycles. The van der Waals surface area contributed by atoms with Gasteiger partial charge in [-0.25, -0.2) is 9.97 Å². The second-order valence-electron chi connectivity index (χ2n) is 12.1. The minimum Gasteiger partial charge on any atom is -0.455 e. The van der Waals surface area contributed by atoms with Crippen molar-refractivity contribution in [2.45, 2.75) is 0 Å². The molecular weight excluding hydrogens is 599 g/mol. The summed E-state index contributed by atoms with van der Waals surface area (Å²) in [6.45, 7) is 0. The van der Waals surface area contributed by atoms with Crippen LogP contribution in [0.15, 0.2) is 168 Å². The van der Waals surface area contributed by atoms with Crippen LogP contribution in [0.3, 0.4) is 0 Å². The van der Waals surface area contributed by atoms with Crippen LogP contribution < -0.4 is 0 Å². The van der Waals surface area contributed by atoms with Crippen LogP contribution in [0.2, 0.25) is 0 Å². The highest BCUT2D eigenvalue weighted by Gasteiger charge is 2.17. The lowest BCUT2D eigenvalue weighted by Gasteiger charge is -2.12. The third-order valence-corrected chi connectivity index (χ3v) is 9.14. The maximum atomic E-state index is 9.90. The minimum atomic E-state index is 0.607. The molecule has 0 unspecified atom stereocenters. The van der Waals surface area contributed by atoms with E-state index in [4.69, 9.17) is 14.4 Å². The van der Waals surface area contributed by atoms with Gasteiger partial charge in [-0.1, -0.05) is 133 Å². The van der Waals surface area contributed by atoms with Gasteiger partial charge in [0.25, 0.3) is 0 Å². The summed E-state index contributed by atoms with van der Waals surface area (Å²) in [5, 5.41) is 13.8. The molecule has 0 aliphatic rings. The van der Waals surface area contributed by atoms with Crippen LogP contribution in [0.25, 0.3) is 88.9 Å². The first kappa shape index (κ1) is 28.4. The number of rotatable bonds is 5. The molecule has 0 saturated carbocycles. The lowest BCUT2D eigenvalue weighted by Crippen LogP contribution is -1.96. The van der Waals surface area contributed by atoms with Crippen molar-refractivity contribution < 1.29 is 4.42 Å². The van der Waals surface area contributed by atoms with Gasteiger partial charge in [-0.15, -0.1) is 0 Å². The van der Waals surface area contributed by atoms with Gasteiger partial charge in [-0.2, -0.15) is 5.26 Å². The SMILES string of the molecule is N#Cc1cccc2oc3c4ccccc4c(-c4ccc(-c5cc(-c6cccc(-c7ccccc7)c6)nc(-c6ccccc6)n5)cc4)cc3c12. The molecule has 4 heteroatoms. The van der Waals surface area contributed by atoms with Gasteiger partial charge >= 0.3 is 0 Å². The van der Waals surface area contributed by atoms with E-state index in [2.05, 4.69) is 109 Å². The molecule has 228 valence electrons. The van der Waals surface area contributed by atoms with Crippen molar-refractivity contribution in [1.29, 1.82) is 5.26 Å². The van der Waals surface area contributed by atoms with E-state index in [-0.39, 0.29) is 0 Å². The van der Waals surface area contributed by atoms with E-state index < -0.39 is 0 Å². The third kappa shape index (κ3) is 5.02. The molecule has 0 fully saturated rings. The summed E-state index contributed by atoms with van der Waals surface area (Å²) in [7, 11) is 0. The van der Waals surface area contributed by atoms with Gasteiger partial charge in [-0.3, -0.25) is 0 Å². The molecule has 2 aromatic heterocycles. The summed E-state index contributed by atoms with van der Waals surface area (Å²) in [4.78, 5) is 10.1. The Morgan fingerprint density at radius 3 is 1.82 bits per heavy atom. The number of furan rings is 1. The molecule has 0 amide bonds. The van der Waals surface area contributed by atoms with Crippen molar-refractivity contribution in [3.05, 3.63) is 169 Å². The fourth-order valence-corrected chi connectivity index (χ4v) is 6.75. The van der Waals surface area contributed by atoms with Crippen molar-refractivity contribution in [1.82, 2.24) is 9.97 Å². The van der Waals surface area contributed by atoms with E-state index in [0.717, 1.165) is 83.0 Å². The molecule has 9 aromatic rings. The van der Waals surface area contributed by atoms with E-state index in [9.17, 15) is 5.26 Å². The second kappa shape index (κ2) is 11.8. The van der Waals surface area contributed by atoms with Crippen molar-refractivity contribution in [2.75, 3.05) is 0 Å². The van der Waals surface area contributed by atoms with Crippen LogP contribution in [-0.2, 0) is 0 Å². The molecule has 0 radical (unpaired) electrons. The molecule has 49 heavy (non-hydrogen) atoms. The van der Waals surface area contributed by atoms with Crippen molar-refractivity contribution in [3.63, 3.8) is 0 Å². The zero-order valence-corrected chi connectivity index (χ0v) is 26.3. The van der Waals surface area contributed by atoms with Crippen LogP contribution >= 0.6 is 0 Å². The van der Waals surface area contributed by atoms with Crippen molar-refractivity contribution >= 4 is 32.7 Å². The summed E-state index contributed by atoms with van der Waals surface area (Å²) in [5.74, 6) is 0.680. The number of nitriles is 1. The highest BCUT2D eigenvalue weighted by atomic mass is 16.3. The fraction of sp³-hybridized carbons (Fsp3) is 0. The second-order valence-corrected chi connectivity index (χ2v) is 12.1. The normalized spacial score (nSPS) is 11.2. The minimum absolute atomic E-state index is 0.607. The first-order valence-electron chi connectivity index (χ1n) is 16.2. The standard InChI is InChI=1S/C45H27N3O/c46-28-35-17-10-20-42-43(35)39-26-38(36-18-7-8-19-37(36)44(39)49-42)30-21-23-31(24-22-30)40-27-41(48-45(47-40)32-13-5-2-6-14-32)34-16-9-15-33(25-34)29-11-3-1-4-12-29/h1-27H. The number of hydrogen-bond donors (Lipinski definition) is 0. The topological polar surface area (TPSA) is 62.7 Å². The lowest BCUT2D eigenvalue weighted by molar-refractivity contribution is 0.672. The van der Waals surface area contributed by atoms with Gasteiger partial charge in [0.1, 0.15) is 11.2 Å². The Bertz CT molecular complexity index is 2710. The van der Waals surface area contributed by atoms with Gasteiger partial charge in [0.05, 0.1) is 23.0 Å². The van der Waals surface area contributed by atoms with Gasteiger partial charge < -0.3 is 4.42 Å². The Hall–Kier alpha value is -6.83. The molecule has 4 nitrogen and oxygen atoms in total. The largest absolute Gasteiger partial charge is 0.455 e. The summed E-state index contributed by atoms with van der Waals surface area (Å²) in [6.07, 6.45) is 0. The average Bonchev–Trinajstić information content (AvgIpc) is 3.57. The van der Waals surface area contributed by atoms with E-state index in [1.54, 1.807) is 0 Å². The Balaban J connectivity index is 1.18. The molecule has 0 N–H and O–H groups in total. The fourth-order valence-electron chi connectivity index (χ4n) is 6.75. The summed E-state index contributed by atoms with van der Waals surface area (Å²) in [5.41, 5.74) is 11.3. The Kier molecular flexibility index (Phi) is 6.81. The first-order valence-corrected chi connectivity index (χ1v) is 16.2. The van der Waals surface area contributed by atoms with Crippen molar-refractivity contribution in [3.8, 4) is 62.2 Å². The highest BCUT2D eigenvalue weighted by Crippen LogP contribution is 2.41. The van der Waals surface area contributed by atoms with E-state index >= 15 is 0 Å². The van der Waals surface area contributed by atoms with Gasteiger partial charge in [0.2, 0.25) is 0 Å². The number of hydrogen-bond acceptors (Lipinski definition) is 4. The molecule has 0 bridgehead atoms. The summed E-state index contributed by atoms with van der Waals surface area (Å²) < 4.78 is 6.34. The van der Waals surface area contributed by atoms with E-state index in [1.165, 1.54) is 0 Å². The van der Waals surface area contributed by atoms with Crippen LogP contribution in [0.4, 0.5) is 0 Å². The molecule has 0 saturated heterocycles. The first-order chi connectivity index (χ1) is 24.2. The molecular formula is C45H27N3O. The maximum absolute atomic E-state index is 9.90. The number of aromatic nitrogens is 2. The Morgan fingerprint density at radius 2 is 1.06 bits per heavy atom. The summed E-state index contributed by atoms with van der Waals surface area (Å²) >= 11 is 0. The van der Waals surface area contributed by atoms with Crippen molar-refractivity contribution in [2.24, 2.45) is 0 Å². The van der Waals surface area contributed by atoms with Gasteiger partial charge in [0.15, 0.2) is 5.82 Å². The third-order valence-electron chi connectivity index (χ3n) is 9.14. The number of benzene rings is 7.